The molecule has 0 spiro atoms. The Bertz CT molecular complexity index is 1490. The van der Waals surface area contributed by atoms with Gasteiger partial charge in [-0.05, 0) is 41.8 Å². The molecule has 6 rings (SSSR count). The van der Waals surface area contributed by atoms with E-state index >= 15 is 0 Å². The van der Waals surface area contributed by atoms with E-state index < -0.39 is 11.9 Å². The lowest BCUT2D eigenvalue weighted by Gasteiger charge is -2.29. The fraction of sp³-hybridized carbons (Fsp3) is 0.192. The fourth-order valence-electron chi connectivity index (χ4n) is 4.90. The number of amides is 3. The SMILES string of the molecule is Cn1ncc(-c2ccc3c(c2)CN(C2CCC(=O)NC2=O)C3=O)c1-c1cnn(-c2ccccc2)c1. The lowest BCUT2D eigenvalue weighted by atomic mass is 9.99. The van der Waals surface area contributed by atoms with Crippen molar-refractivity contribution >= 4 is 17.7 Å². The average molecular weight is 467 g/mol. The molecule has 9 nitrogen and oxygen atoms in total. The van der Waals surface area contributed by atoms with Crippen molar-refractivity contribution < 1.29 is 14.4 Å². The molecule has 0 bridgehead atoms. The standard InChI is InChI=1S/C26H22N6O3/c1-30-24(18-12-28-32(15-18)19-5-3-2-4-6-19)21(13-27-30)16-7-8-20-17(11-16)14-31(26(20)35)22-9-10-23(33)29-25(22)34/h2-8,11-13,15,22H,9-10,14H2,1H3,(H,29,33,34). The molecule has 1 fully saturated rings. The lowest BCUT2D eigenvalue weighted by Crippen LogP contribution is -2.52. The Morgan fingerprint density at radius 1 is 0.943 bits per heavy atom. The number of benzene rings is 2. The maximum absolute atomic E-state index is 13.0. The van der Waals surface area contributed by atoms with Crippen LogP contribution in [0.2, 0.25) is 0 Å². The number of nitrogens with zero attached hydrogens (tertiary/aromatic N) is 5. The minimum atomic E-state index is -0.631. The number of carbonyl (C=O) groups excluding carboxylic acids is 3. The maximum Gasteiger partial charge on any atom is 0.255 e. The summed E-state index contributed by atoms with van der Waals surface area (Å²) >= 11 is 0. The Labute approximate surface area is 201 Å². The third-order valence-electron chi connectivity index (χ3n) is 6.65. The van der Waals surface area contributed by atoms with Crippen LogP contribution in [0, 0.1) is 0 Å². The van der Waals surface area contributed by atoms with Crippen LogP contribution in [0.25, 0.3) is 28.1 Å². The summed E-state index contributed by atoms with van der Waals surface area (Å²) in [5.41, 5.74) is 6.09. The van der Waals surface area contributed by atoms with E-state index in [-0.39, 0.29) is 18.2 Å². The van der Waals surface area contributed by atoms with Gasteiger partial charge in [0, 0.05) is 42.9 Å². The van der Waals surface area contributed by atoms with Crippen LogP contribution in [0.5, 0.6) is 0 Å². The van der Waals surface area contributed by atoms with Gasteiger partial charge >= 0.3 is 0 Å². The molecule has 0 saturated carbocycles. The quantitative estimate of drug-likeness (QED) is 0.466. The second-order valence-corrected chi connectivity index (χ2v) is 8.81. The lowest BCUT2D eigenvalue weighted by molar-refractivity contribution is -0.136. The van der Waals surface area contributed by atoms with Gasteiger partial charge in [-0.25, -0.2) is 4.68 Å². The van der Waals surface area contributed by atoms with Gasteiger partial charge in [0.1, 0.15) is 6.04 Å². The predicted octanol–water partition coefficient (Wildman–Crippen LogP) is 2.70. The van der Waals surface area contributed by atoms with Crippen LogP contribution in [-0.2, 0) is 23.2 Å². The Balaban J connectivity index is 1.32. The van der Waals surface area contributed by atoms with Crippen molar-refractivity contribution in [2.24, 2.45) is 7.05 Å². The molecule has 3 amide bonds. The van der Waals surface area contributed by atoms with Crippen molar-refractivity contribution in [3.05, 3.63) is 78.2 Å². The highest BCUT2D eigenvalue weighted by Gasteiger charge is 2.39. The van der Waals surface area contributed by atoms with E-state index in [1.165, 1.54) is 0 Å². The molecule has 174 valence electrons. The van der Waals surface area contributed by atoms with Crippen molar-refractivity contribution in [3.8, 4) is 28.1 Å². The molecule has 35 heavy (non-hydrogen) atoms. The highest BCUT2D eigenvalue weighted by molar-refractivity contribution is 6.05. The number of fused-ring (bicyclic) bond motifs is 1. The number of hydrogen-bond acceptors (Lipinski definition) is 5. The number of hydrogen-bond donors (Lipinski definition) is 1. The molecule has 1 unspecified atom stereocenters. The molecule has 4 heterocycles. The predicted molar refractivity (Wildman–Crippen MR) is 127 cm³/mol. The third-order valence-corrected chi connectivity index (χ3v) is 6.65. The second-order valence-electron chi connectivity index (χ2n) is 8.81. The average Bonchev–Trinajstić information content (AvgIpc) is 3.57. The van der Waals surface area contributed by atoms with Gasteiger partial charge in [0.05, 0.1) is 23.8 Å². The monoisotopic (exact) mass is 466 g/mol. The number of nitrogens with one attached hydrogen (secondary N) is 1. The first-order valence-electron chi connectivity index (χ1n) is 11.4. The van der Waals surface area contributed by atoms with Gasteiger partial charge < -0.3 is 4.90 Å². The van der Waals surface area contributed by atoms with Crippen LogP contribution >= 0.6 is 0 Å². The van der Waals surface area contributed by atoms with Gasteiger partial charge in [0.15, 0.2) is 0 Å². The zero-order chi connectivity index (χ0) is 24.1. The van der Waals surface area contributed by atoms with E-state index in [2.05, 4.69) is 15.5 Å². The number of carbonyl (C=O) groups is 3. The normalized spacial score (nSPS) is 17.6. The molecule has 4 aromatic rings. The third kappa shape index (κ3) is 3.52. The summed E-state index contributed by atoms with van der Waals surface area (Å²) in [5, 5.41) is 11.3. The van der Waals surface area contributed by atoms with E-state index in [1.54, 1.807) is 4.90 Å². The Morgan fingerprint density at radius 3 is 2.57 bits per heavy atom. The van der Waals surface area contributed by atoms with Crippen LogP contribution in [0.1, 0.15) is 28.8 Å². The van der Waals surface area contributed by atoms with E-state index in [0.29, 0.717) is 18.5 Å². The van der Waals surface area contributed by atoms with Crippen molar-refractivity contribution in [3.63, 3.8) is 0 Å². The number of imide groups is 1. The van der Waals surface area contributed by atoms with E-state index in [4.69, 9.17) is 0 Å². The van der Waals surface area contributed by atoms with Gasteiger partial charge in [0.25, 0.3) is 5.91 Å². The number of aryl methyl sites for hydroxylation is 1. The zero-order valence-corrected chi connectivity index (χ0v) is 19.0. The van der Waals surface area contributed by atoms with Gasteiger partial charge in [-0.3, -0.25) is 24.4 Å². The van der Waals surface area contributed by atoms with Crippen LogP contribution < -0.4 is 5.32 Å². The summed E-state index contributed by atoms with van der Waals surface area (Å²) in [6, 6.07) is 15.0. The first-order valence-corrected chi connectivity index (χ1v) is 11.4. The Morgan fingerprint density at radius 2 is 1.77 bits per heavy atom. The van der Waals surface area contributed by atoms with Crippen LogP contribution in [-0.4, -0.2) is 48.2 Å². The van der Waals surface area contributed by atoms with Crippen molar-refractivity contribution in [2.75, 3.05) is 0 Å². The summed E-state index contributed by atoms with van der Waals surface area (Å²) in [6.45, 7) is 0.329. The summed E-state index contributed by atoms with van der Waals surface area (Å²) in [4.78, 5) is 38.5. The Kier molecular flexibility index (Phi) is 4.84. The van der Waals surface area contributed by atoms with E-state index in [1.807, 2.05) is 83.5 Å². The molecule has 2 aromatic carbocycles. The summed E-state index contributed by atoms with van der Waals surface area (Å²) in [7, 11) is 1.89. The topological polar surface area (TPSA) is 102 Å². The summed E-state index contributed by atoms with van der Waals surface area (Å²) in [5.74, 6) is -0.887. The summed E-state index contributed by atoms with van der Waals surface area (Å²) < 4.78 is 3.64. The van der Waals surface area contributed by atoms with Crippen molar-refractivity contribution in [1.82, 2.24) is 29.8 Å². The number of para-hydroxylation sites is 1. The minimum absolute atomic E-state index is 0.184. The molecule has 0 radical (unpaired) electrons. The zero-order valence-electron chi connectivity index (χ0n) is 19.0. The summed E-state index contributed by atoms with van der Waals surface area (Å²) in [6.07, 6.45) is 6.17. The number of piperidine rings is 1. The van der Waals surface area contributed by atoms with Crippen LogP contribution in [0.3, 0.4) is 0 Å². The maximum atomic E-state index is 13.0. The molecular weight excluding hydrogens is 444 g/mol. The van der Waals surface area contributed by atoms with Gasteiger partial charge in [-0.1, -0.05) is 24.3 Å². The fourth-order valence-corrected chi connectivity index (χ4v) is 4.90. The van der Waals surface area contributed by atoms with Crippen molar-refractivity contribution in [2.45, 2.75) is 25.4 Å². The van der Waals surface area contributed by atoms with Gasteiger partial charge in [0.2, 0.25) is 11.8 Å². The molecule has 2 aliphatic heterocycles. The number of aromatic nitrogens is 4. The second kappa shape index (κ2) is 8.05. The molecule has 1 saturated heterocycles. The molecule has 1 atom stereocenters. The van der Waals surface area contributed by atoms with Crippen molar-refractivity contribution in [1.29, 1.82) is 0 Å². The largest absolute Gasteiger partial charge is 0.322 e. The minimum Gasteiger partial charge on any atom is -0.322 e. The van der Waals surface area contributed by atoms with Gasteiger partial charge in [-0.2, -0.15) is 10.2 Å². The molecule has 2 aromatic heterocycles. The molecule has 2 aliphatic rings. The molecule has 0 aliphatic carbocycles. The molecule has 1 N–H and O–H groups in total. The smallest absolute Gasteiger partial charge is 0.255 e. The number of rotatable bonds is 4. The van der Waals surface area contributed by atoms with E-state index in [0.717, 1.165) is 33.6 Å². The molecular formula is C26H22N6O3. The Hall–Kier alpha value is -4.53. The van der Waals surface area contributed by atoms with Crippen LogP contribution in [0.15, 0.2) is 67.1 Å². The van der Waals surface area contributed by atoms with Crippen LogP contribution in [0.4, 0.5) is 0 Å². The first-order chi connectivity index (χ1) is 17.0. The highest BCUT2D eigenvalue weighted by Crippen LogP contribution is 2.35. The van der Waals surface area contributed by atoms with Gasteiger partial charge in [-0.15, -0.1) is 0 Å². The molecule has 9 heteroatoms. The van der Waals surface area contributed by atoms with E-state index in [9.17, 15) is 14.4 Å². The first kappa shape index (κ1) is 21.0. The highest BCUT2D eigenvalue weighted by atomic mass is 16.2.